The maximum Gasteiger partial charge on any atom is 0.139 e. The lowest BCUT2D eigenvalue weighted by molar-refractivity contribution is 0.00538. The minimum absolute atomic E-state index is 0.431. The second-order valence-corrected chi connectivity index (χ2v) is 3.91. The molecule has 1 aromatic rings. The molecule has 0 amide bonds. The van der Waals surface area contributed by atoms with E-state index < -0.39 is 0 Å². The number of hydrogen-bond donors (Lipinski definition) is 1. The molecule has 1 aliphatic carbocycles. The second-order valence-electron chi connectivity index (χ2n) is 3.91. The number of nitrogens with zero attached hydrogens (tertiary/aromatic N) is 2. The molecule has 2 N–H and O–H groups in total. The lowest BCUT2D eigenvalue weighted by atomic mass is 10.3. The van der Waals surface area contributed by atoms with E-state index in [0.717, 1.165) is 11.4 Å². The molecule has 0 spiro atoms. The van der Waals surface area contributed by atoms with E-state index in [4.69, 9.17) is 10.5 Å². The Balaban J connectivity index is 1.85. The highest BCUT2D eigenvalue weighted by Gasteiger charge is 2.15. The van der Waals surface area contributed by atoms with E-state index in [-0.39, 0.29) is 0 Å². The molecule has 14 heavy (non-hydrogen) atoms. The molecule has 0 bridgehead atoms. The summed E-state index contributed by atoms with van der Waals surface area (Å²) in [6, 6.07) is 0. The van der Waals surface area contributed by atoms with Crippen LogP contribution in [0.1, 0.15) is 31.4 Å². The topological polar surface area (TPSA) is 53.1 Å². The van der Waals surface area contributed by atoms with Crippen molar-refractivity contribution in [1.82, 2.24) is 9.78 Å². The number of aryl methyl sites for hydroxylation is 1. The summed E-state index contributed by atoms with van der Waals surface area (Å²) in [6.07, 6.45) is 7.23. The van der Waals surface area contributed by atoms with Gasteiger partial charge in [-0.25, -0.2) is 4.68 Å². The third-order valence-electron chi connectivity index (χ3n) is 2.73. The van der Waals surface area contributed by atoms with Crippen molar-refractivity contribution in [3.63, 3.8) is 0 Å². The van der Waals surface area contributed by atoms with Gasteiger partial charge in [0.05, 0.1) is 23.7 Å². The van der Waals surface area contributed by atoms with Crippen LogP contribution in [-0.2, 0) is 11.5 Å². The van der Waals surface area contributed by atoms with E-state index in [0.29, 0.717) is 12.8 Å². The van der Waals surface area contributed by atoms with Gasteiger partial charge < -0.3 is 10.5 Å². The molecule has 0 radical (unpaired) electrons. The first-order chi connectivity index (χ1) is 6.75. The summed E-state index contributed by atoms with van der Waals surface area (Å²) < 4.78 is 7.47. The van der Waals surface area contributed by atoms with Crippen LogP contribution < -0.4 is 5.73 Å². The number of nitrogens with two attached hydrogens (primary N) is 1. The zero-order valence-corrected chi connectivity index (χ0v) is 8.57. The quantitative estimate of drug-likeness (QED) is 0.798. The van der Waals surface area contributed by atoms with E-state index in [1.807, 2.05) is 13.1 Å². The van der Waals surface area contributed by atoms with Crippen LogP contribution in [0.2, 0.25) is 0 Å². The summed E-state index contributed by atoms with van der Waals surface area (Å²) >= 11 is 0. The minimum atomic E-state index is 0.431. The molecule has 1 saturated carbocycles. The third-order valence-corrected chi connectivity index (χ3v) is 2.73. The molecule has 0 aromatic carbocycles. The summed E-state index contributed by atoms with van der Waals surface area (Å²) in [7, 11) is 0. The van der Waals surface area contributed by atoms with Gasteiger partial charge in [0.25, 0.3) is 0 Å². The maximum absolute atomic E-state index is 5.70. The molecule has 78 valence electrons. The van der Waals surface area contributed by atoms with Crippen LogP contribution in [-0.4, -0.2) is 15.9 Å². The predicted octanol–water partition coefficient (Wildman–Crippen LogP) is 1.69. The van der Waals surface area contributed by atoms with Crippen molar-refractivity contribution in [2.45, 2.75) is 45.4 Å². The van der Waals surface area contributed by atoms with Crippen LogP contribution in [0.25, 0.3) is 0 Å². The lowest BCUT2D eigenvalue weighted by Gasteiger charge is -2.10. The number of ether oxygens (including phenoxy) is 1. The van der Waals surface area contributed by atoms with E-state index in [1.54, 1.807) is 4.68 Å². The van der Waals surface area contributed by atoms with Crippen molar-refractivity contribution in [3.8, 4) is 0 Å². The van der Waals surface area contributed by atoms with Gasteiger partial charge in [0.15, 0.2) is 0 Å². The smallest absolute Gasteiger partial charge is 0.139 e. The Morgan fingerprint density at radius 3 is 2.86 bits per heavy atom. The van der Waals surface area contributed by atoms with Gasteiger partial charge in [-0.15, -0.1) is 0 Å². The van der Waals surface area contributed by atoms with Crippen molar-refractivity contribution in [2.24, 2.45) is 0 Å². The summed E-state index contributed by atoms with van der Waals surface area (Å²) in [5, 5.41) is 4.24. The lowest BCUT2D eigenvalue weighted by Crippen LogP contribution is -2.11. The van der Waals surface area contributed by atoms with Crippen LogP contribution in [0, 0.1) is 6.92 Å². The highest BCUT2D eigenvalue weighted by Crippen LogP contribution is 2.21. The number of aromatic nitrogens is 2. The Kier molecular flexibility index (Phi) is 2.72. The Labute approximate surface area is 84.0 Å². The standard InChI is InChI=1S/C10H17N3O/c1-8-10(11)6-13(12-8)7-14-9-4-2-3-5-9/h6,9H,2-5,7,11H2,1H3. The molecule has 2 rings (SSSR count). The molecule has 1 aliphatic rings. The molecular formula is C10H17N3O. The third kappa shape index (κ3) is 2.07. The van der Waals surface area contributed by atoms with Gasteiger partial charge in [0, 0.05) is 0 Å². The summed E-state index contributed by atoms with van der Waals surface area (Å²) in [5.41, 5.74) is 7.30. The van der Waals surface area contributed by atoms with Gasteiger partial charge in [0.2, 0.25) is 0 Å². The second kappa shape index (κ2) is 4.00. The molecule has 0 unspecified atom stereocenters. The van der Waals surface area contributed by atoms with E-state index >= 15 is 0 Å². The van der Waals surface area contributed by atoms with Crippen molar-refractivity contribution >= 4 is 5.69 Å². The molecule has 0 aliphatic heterocycles. The van der Waals surface area contributed by atoms with Crippen LogP contribution in [0.3, 0.4) is 0 Å². The normalized spacial score (nSPS) is 17.8. The Hall–Kier alpha value is -1.03. The Morgan fingerprint density at radius 2 is 2.29 bits per heavy atom. The number of hydrogen-bond acceptors (Lipinski definition) is 3. The largest absolute Gasteiger partial charge is 0.396 e. The number of rotatable bonds is 3. The van der Waals surface area contributed by atoms with Gasteiger partial charge in [-0.05, 0) is 19.8 Å². The summed E-state index contributed by atoms with van der Waals surface area (Å²) in [5.74, 6) is 0. The predicted molar refractivity (Wildman–Crippen MR) is 54.7 cm³/mol. The van der Waals surface area contributed by atoms with Crippen LogP contribution >= 0.6 is 0 Å². The molecule has 0 atom stereocenters. The van der Waals surface area contributed by atoms with Crippen LogP contribution in [0.5, 0.6) is 0 Å². The van der Waals surface area contributed by atoms with Gasteiger partial charge in [-0.2, -0.15) is 5.10 Å². The Morgan fingerprint density at radius 1 is 1.57 bits per heavy atom. The minimum Gasteiger partial charge on any atom is -0.396 e. The molecule has 1 fully saturated rings. The summed E-state index contributed by atoms with van der Waals surface area (Å²) in [6.45, 7) is 2.43. The van der Waals surface area contributed by atoms with Gasteiger partial charge >= 0.3 is 0 Å². The maximum atomic E-state index is 5.70. The van der Waals surface area contributed by atoms with E-state index in [1.165, 1.54) is 25.7 Å². The van der Waals surface area contributed by atoms with E-state index in [9.17, 15) is 0 Å². The zero-order valence-electron chi connectivity index (χ0n) is 8.57. The van der Waals surface area contributed by atoms with Crippen molar-refractivity contribution < 1.29 is 4.74 Å². The first kappa shape index (κ1) is 9.52. The molecule has 0 saturated heterocycles. The highest BCUT2D eigenvalue weighted by atomic mass is 16.5. The fourth-order valence-electron chi connectivity index (χ4n) is 1.84. The fraction of sp³-hybridized carbons (Fsp3) is 0.700. The first-order valence-corrected chi connectivity index (χ1v) is 5.17. The fourth-order valence-corrected chi connectivity index (χ4v) is 1.84. The summed E-state index contributed by atoms with van der Waals surface area (Å²) in [4.78, 5) is 0. The molecule has 4 heteroatoms. The van der Waals surface area contributed by atoms with Crippen molar-refractivity contribution in [3.05, 3.63) is 11.9 Å². The highest BCUT2D eigenvalue weighted by molar-refractivity contribution is 5.39. The molecule has 1 heterocycles. The molecular weight excluding hydrogens is 178 g/mol. The van der Waals surface area contributed by atoms with Crippen molar-refractivity contribution in [2.75, 3.05) is 5.73 Å². The first-order valence-electron chi connectivity index (χ1n) is 5.17. The number of anilines is 1. The van der Waals surface area contributed by atoms with E-state index in [2.05, 4.69) is 5.10 Å². The zero-order chi connectivity index (χ0) is 9.97. The van der Waals surface area contributed by atoms with Crippen LogP contribution in [0.15, 0.2) is 6.20 Å². The number of nitrogen functional groups attached to an aromatic ring is 1. The molecule has 4 nitrogen and oxygen atoms in total. The van der Waals surface area contributed by atoms with Gasteiger partial charge in [-0.1, -0.05) is 12.8 Å². The van der Waals surface area contributed by atoms with Crippen molar-refractivity contribution in [1.29, 1.82) is 0 Å². The van der Waals surface area contributed by atoms with Crippen LogP contribution in [0.4, 0.5) is 5.69 Å². The molecule has 1 aromatic heterocycles. The average Bonchev–Trinajstić information content (AvgIpc) is 2.74. The Bertz CT molecular complexity index is 283. The monoisotopic (exact) mass is 195 g/mol. The van der Waals surface area contributed by atoms with Gasteiger partial charge in [0.1, 0.15) is 6.73 Å². The van der Waals surface area contributed by atoms with Gasteiger partial charge in [-0.3, -0.25) is 0 Å². The average molecular weight is 195 g/mol. The SMILES string of the molecule is Cc1nn(COC2CCCC2)cc1N.